The van der Waals surface area contributed by atoms with Crippen molar-refractivity contribution < 1.29 is 13.2 Å². The van der Waals surface area contributed by atoms with Crippen LogP contribution in [0.3, 0.4) is 0 Å². The van der Waals surface area contributed by atoms with E-state index < -0.39 is 11.7 Å². The van der Waals surface area contributed by atoms with Crippen LogP contribution >= 0.6 is 0 Å². The van der Waals surface area contributed by atoms with Gasteiger partial charge in [-0.1, -0.05) is 18.2 Å². The molecular weight excluding hydrogens is 327 g/mol. The number of aromatic nitrogens is 2. The van der Waals surface area contributed by atoms with Gasteiger partial charge in [-0.15, -0.1) is 0 Å². The van der Waals surface area contributed by atoms with Gasteiger partial charge >= 0.3 is 6.18 Å². The van der Waals surface area contributed by atoms with E-state index in [1.807, 2.05) is 19.1 Å². The summed E-state index contributed by atoms with van der Waals surface area (Å²) >= 11 is 0. The van der Waals surface area contributed by atoms with Crippen molar-refractivity contribution in [3.05, 3.63) is 70.9 Å². The molecule has 0 spiro atoms. The minimum atomic E-state index is -4.34. The molecule has 2 N–H and O–H groups in total. The van der Waals surface area contributed by atoms with Gasteiger partial charge in [0, 0.05) is 29.6 Å². The zero-order valence-corrected chi connectivity index (χ0v) is 13.9. The molecular formula is C19H18F3N3. The monoisotopic (exact) mass is 345 g/mol. The van der Waals surface area contributed by atoms with Crippen molar-refractivity contribution >= 4 is 5.69 Å². The normalized spacial score (nSPS) is 11.6. The van der Waals surface area contributed by atoms with Gasteiger partial charge < -0.3 is 5.32 Å². The van der Waals surface area contributed by atoms with Gasteiger partial charge in [-0.05, 0) is 49.2 Å². The number of nitrogens with zero attached hydrogens (tertiary/aromatic N) is 1. The Balaban J connectivity index is 1.77. The number of alkyl halides is 3. The Hall–Kier alpha value is -2.76. The number of H-pyrrole nitrogens is 1. The smallest absolute Gasteiger partial charge is 0.381 e. The highest BCUT2D eigenvalue weighted by atomic mass is 19.4. The lowest BCUT2D eigenvalue weighted by Gasteiger charge is -2.10. The van der Waals surface area contributed by atoms with E-state index in [0.717, 1.165) is 23.4 Å². The maximum atomic E-state index is 12.7. The molecule has 3 aromatic rings. The van der Waals surface area contributed by atoms with Crippen LogP contribution in [0, 0.1) is 13.8 Å². The number of hydrogen-bond donors (Lipinski definition) is 2. The van der Waals surface area contributed by atoms with Crippen LogP contribution in [0.15, 0.2) is 48.7 Å². The summed E-state index contributed by atoms with van der Waals surface area (Å²) in [6.45, 7) is 4.62. The molecule has 0 fully saturated rings. The topological polar surface area (TPSA) is 40.7 Å². The largest absolute Gasteiger partial charge is 0.416 e. The molecule has 3 nitrogen and oxygen atoms in total. The standard InChI is InChI=1S/C19H18F3N3/c1-12-3-8-17(9-13(12)2)23-10-15-11-24-25-18(15)14-4-6-16(7-5-14)19(20,21)22/h3-9,11,23H,10H2,1-2H3,(H,24,25). The van der Waals surface area contributed by atoms with E-state index in [9.17, 15) is 13.2 Å². The molecule has 0 atom stereocenters. The Morgan fingerprint density at radius 2 is 1.72 bits per heavy atom. The number of anilines is 1. The van der Waals surface area contributed by atoms with Gasteiger partial charge in [0.2, 0.25) is 0 Å². The van der Waals surface area contributed by atoms with Gasteiger partial charge in [0.25, 0.3) is 0 Å². The molecule has 2 aromatic carbocycles. The van der Waals surface area contributed by atoms with E-state index in [0.29, 0.717) is 17.8 Å². The lowest BCUT2D eigenvalue weighted by atomic mass is 10.1. The molecule has 0 saturated carbocycles. The Labute approximate surface area is 143 Å². The van der Waals surface area contributed by atoms with Crippen molar-refractivity contribution in [3.63, 3.8) is 0 Å². The molecule has 0 aliphatic heterocycles. The van der Waals surface area contributed by atoms with Crippen molar-refractivity contribution in [1.29, 1.82) is 0 Å². The third kappa shape index (κ3) is 3.84. The van der Waals surface area contributed by atoms with Gasteiger partial charge in [-0.2, -0.15) is 18.3 Å². The summed E-state index contributed by atoms with van der Waals surface area (Å²) in [6.07, 6.45) is -2.58. The summed E-state index contributed by atoms with van der Waals surface area (Å²) in [5, 5.41) is 10.3. The second-order valence-corrected chi connectivity index (χ2v) is 5.99. The van der Waals surface area contributed by atoms with E-state index in [2.05, 4.69) is 28.5 Å². The van der Waals surface area contributed by atoms with Crippen LogP contribution in [-0.4, -0.2) is 10.2 Å². The quantitative estimate of drug-likeness (QED) is 0.671. The highest BCUT2D eigenvalue weighted by Gasteiger charge is 2.30. The molecule has 0 radical (unpaired) electrons. The Bertz CT molecular complexity index is 864. The van der Waals surface area contributed by atoms with Crippen LogP contribution in [0.1, 0.15) is 22.3 Å². The van der Waals surface area contributed by atoms with Crippen molar-refractivity contribution in [3.8, 4) is 11.3 Å². The molecule has 1 heterocycles. The van der Waals surface area contributed by atoms with Crippen molar-refractivity contribution in [1.82, 2.24) is 10.2 Å². The zero-order chi connectivity index (χ0) is 18.0. The lowest BCUT2D eigenvalue weighted by molar-refractivity contribution is -0.137. The van der Waals surface area contributed by atoms with Gasteiger partial charge in [0.1, 0.15) is 0 Å². The Kier molecular flexibility index (Phi) is 4.53. The predicted molar refractivity (Wildman–Crippen MR) is 92.3 cm³/mol. The van der Waals surface area contributed by atoms with Gasteiger partial charge in [-0.25, -0.2) is 0 Å². The molecule has 0 aliphatic rings. The van der Waals surface area contributed by atoms with Crippen LogP contribution in [0.5, 0.6) is 0 Å². The number of benzene rings is 2. The summed E-state index contributed by atoms with van der Waals surface area (Å²) in [4.78, 5) is 0. The first-order valence-corrected chi connectivity index (χ1v) is 7.86. The molecule has 3 rings (SSSR count). The number of aromatic amines is 1. The maximum absolute atomic E-state index is 12.7. The van der Waals surface area contributed by atoms with Crippen molar-refractivity contribution in [2.75, 3.05) is 5.32 Å². The second-order valence-electron chi connectivity index (χ2n) is 5.99. The predicted octanol–water partition coefficient (Wildman–Crippen LogP) is 5.32. The molecule has 25 heavy (non-hydrogen) atoms. The molecule has 6 heteroatoms. The molecule has 0 amide bonds. The molecule has 0 aliphatic carbocycles. The number of rotatable bonds is 4. The van der Waals surface area contributed by atoms with E-state index >= 15 is 0 Å². The zero-order valence-electron chi connectivity index (χ0n) is 13.9. The molecule has 0 bridgehead atoms. The first-order valence-electron chi connectivity index (χ1n) is 7.86. The van der Waals surface area contributed by atoms with E-state index in [4.69, 9.17) is 0 Å². The third-order valence-electron chi connectivity index (χ3n) is 4.19. The molecule has 130 valence electrons. The van der Waals surface area contributed by atoms with E-state index in [1.54, 1.807) is 6.20 Å². The number of nitrogens with one attached hydrogen (secondary N) is 2. The average Bonchev–Trinajstić information content (AvgIpc) is 3.04. The van der Waals surface area contributed by atoms with Crippen LogP contribution < -0.4 is 5.32 Å². The summed E-state index contributed by atoms with van der Waals surface area (Å²) in [5.74, 6) is 0. The van der Waals surface area contributed by atoms with Gasteiger partial charge in [0.15, 0.2) is 0 Å². The lowest BCUT2D eigenvalue weighted by Crippen LogP contribution is -2.04. The van der Waals surface area contributed by atoms with Crippen LogP contribution in [-0.2, 0) is 12.7 Å². The van der Waals surface area contributed by atoms with Gasteiger partial charge in [0.05, 0.1) is 11.3 Å². The fourth-order valence-electron chi connectivity index (χ4n) is 2.57. The third-order valence-corrected chi connectivity index (χ3v) is 4.19. The SMILES string of the molecule is Cc1ccc(NCc2c[nH]nc2-c2ccc(C(F)(F)F)cc2)cc1C. The Morgan fingerprint density at radius 1 is 1.00 bits per heavy atom. The first-order chi connectivity index (χ1) is 11.8. The minimum Gasteiger partial charge on any atom is -0.381 e. The number of halogens is 3. The highest BCUT2D eigenvalue weighted by Crippen LogP contribution is 2.31. The van der Waals surface area contributed by atoms with Crippen molar-refractivity contribution in [2.45, 2.75) is 26.6 Å². The van der Waals surface area contributed by atoms with Gasteiger partial charge in [-0.3, -0.25) is 5.10 Å². The van der Waals surface area contributed by atoms with Crippen molar-refractivity contribution in [2.24, 2.45) is 0 Å². The first kappa shape index (κ1) is 17.1. The fourth-order valence-corrected chi connectivity index (χ4v) is 2.57. The Morgan fingerprint density at radius 3 is 2.36 bits per heavy atom. The van der Waals surface area contributed by atoms with Crippen LogP contribution in [0.25, 0.3) is 11.3 Å². The summed E-state index contributed by atoms with van der Waals surface area (Å²) in [5.41, 5.74) is 4.91. The summed E-state index contributed by atoms with van der Waals surface area (Å²) in [7, 11) is 0. The summed E-state index contributed by atoms with van der Waals surface area (Å²) in [6, 6.07) is 11.1. The number of hydrogen-bond acceptors (Lipinski definition) is 2. The molecule has 0 unspecified atom stereocenters. The molecule has 0 saturated heterocycles. The highest BCUT2D eigenvalue weighted by molar-refractivity contribution is 5.63. The maximum Gasteiger partial charge on any atom is 0.416 e. The van der Waals surface area contributed by atoms with E-state index in [-0.39, 0.29) is 0 Å². The fraction of sp³-hybridized carbons (Fsp3) is 0.211. The van der Waals surface area contributed by atoms with E-state index in [1.165, 1.54) is 23.3 Å². The summed E-state index contributed by atoms with van der Waals surface area (Å²) < 4.78 is 38.0. The molecule has 1 aromatic heterocycles. The van der Waals surface area contributed by atoms with Crippen LogP contribution in [0.2, 0.25) is 0 Å². The number of aryl methyl sites for hydroxylation is 2. The minimum absolute atomic E-state index is 0.523. The average molecular weight is 345 g/mol. The second kappa shape index (κ2) is 6.63. The van der Waals surface area contributed by atoms with Crippen LogP contribution in [0.4, 0.5) is 18.9 Å².